The molecular weight excluding hydrogens is 677 g/mol. The van der Waals surface area contributed by atoms with Crippen LogP contribution in [0.2, 0.25) is 0 Å². The van der Waals surface area contributed by atoms with Gasteiger partial charge in [0, 0.05) is 29.9 Å². The number of hydrogen-bond acceptors (Lipinski definition) is 7. The van der Waals surface area contributed by atoms with E-state index in [1.165, 1.54) is 11.1 Å². The Morgan fingerprint density at radius 1 is 1.08 bits per heavy atom. The zero-order chi connectivity index (χ0) is 38.5. The number of alkyl carbamates (subject to hydrolysis) is 1. The fraction of sp³-hybridized carbons (Fsp3) is 0.659. The second kappa shape index (κ2) is 20.2. The van der Waals surface area contributed by atoms with Crippen LogP contribution in [0, 0.1) is 11.3 Å². The lowest BCUT2D eigenvalue weighted by Gasteiger charge is -2.38. The summed E-state index contributed by atoms with van der Waals surface area (Å²) in [4.78, 5) is 51.0. The SMILES string of the molecule is CC1=C(/C=C/C(C)=C/C=C\C(C)=C\CO)C(C)(C)C[C@H](C(=O)[C@H](CCCCNC(=O)CCCC[C@@H]2SC[C@@H]3NC(=O)N[C@@H]32)NC(=O)OC(C)(C)C)C1. The second-order valence-corrected chi connectivity index (χ2v) is 17.5. The number of rotatable bonds is 18. The summed E-state index contributed by atoms with van der Waals surface area (Å²) in [6, 6.07) is -0.348. The van der Waals surface area contributed by atoms with E-state index in [1.807, 2.05) is 43.8 Å². The fourth-order valence-electron chi connectivity index (χ4n) is 7.34. The van der Waals surface area contributed by atoms with Crippen LogP contribution in [0.3, 0.4) is 0 Å². The molecule has 4 amide bonds. The summed E-state index contributed by atoms with van der Waals surface area (Å²) < 4.78 is 5.53. The highest BCUT2D eigenvalue weighted by Crippen LogP contribution is 2.44. The molecule has 5 atom stereocenters. The standard InChI is InChI=1S/C41H64N4O6S/c1-27(14-13-15-28(2)21-23-46)19-20-31-29(3)24-30(25-41(31,7)8)37(48)32(44-39(50)51-40(4,5)6)16-11-12-22-42-35(47)18-10-9-17-34-36-33(26-52-34)43-38(49)45-36/h13-15,19-21,30,32-34,36,46H,9-12,16-18,22-26H2,1-8H3,(H,42,47)(H,44,50)(H2,43,45,49)/b15-13-,20-19+,27-14+,28-21+/t30-,32+,33+,34+,36+/m1/s1. The Kier molecular flexibility index (Phi) is 16.8. The normalized spacial score (nSPS) is 24.1. The van der Waals surface area contributed by atoms with Gasteiger partial charge >= 0.3 is 12.1 Å². The monoisotopic (exact) mass is 740 g/mol. The minimum atomic E-state index is -0.686. The first-order chi connectivity index (χ1) is 24.5. The first-order valence-corrected chi connectivity index (χ1v) is 20.0. The highest BCUT2D eigenvalue weighted by Gasteiger charge is 2.42. The van der Waals surface area contributed by atoms with Crippen molar-refractivity contribution in [3.05, 3.63) is 58.7 Å². The van der Waals surface area contributed by atoms with Gasteiger partial charge < -0.3 is 31.1 Å². The van der Waals surface area contributed by atoms with Gasteiger partial charge in [0.2, 0.25) is 5.91 Å². The van der Waals surface area contributed by atoms with Crippen LogP contribution in [0.15, 0.2) is 58.7 Å². The molecule has 0 radical (unpaired) electrons. The molecule has 2 saturated heterocycles. The molecule has 2 aliphatic heterocycles. The number of aliphatic hydroxyl groups is 1. The maximum Gasteiger partial charge on any atom is 0.408 e. The van der Waals surface area contributed by atoms with E-state index >= 15 is 0 Å². The van der Waals surface area contributed by atoms with Gasteiger partial charge in [-0.25, -0.2) is 9.59 Å². The molecule has 2 fully saturated rings. The number of allylic oxidation sites excluding steroid dienone is 9. The average Bonchev–Trinajstić information content (AvgIpc) is 3.59. The predicted molar refractivity (Wildman–Crippen MR) is 211 cm³/mol. The van der Waals surface area contributed by atoms with Crippen LogP contribution >= 0.6 is 11.8 Å². The van der Waals surface area contributed by atoms with E-state index in [0.29, 0.717) is 50.3 Å². The summed E-state index contributed by atoms with van der Waals surface area (Å²) in [5.41, 5.74) is 3.56. The van der Waals surface area contributed by atoms with Gasteiger partial charge in [0.1, 0.15) is 5.60 Å². The lowest BCUT2D eigenvalue weighted by atomic mass is 9.66. The number of thioether (sulfide) groups is 1. The van der Waals surface area contributed by atoms with Crippen molar-refractivity contribution in [1.29, 1.82) is 0 Å². The number of hydrogen-bond donors (Lipinski definition) is 5. The van der Waals surface area contributed by atoms with Crippen LogP contribution in [0.4, 0.5) is 9.59 Å². The van der Waals surface area contributed by atoms with Crippen molar-refractivity contribution in [1.82, 2.24) is 21.3 Å². The van der Waals surface area contributed by atoms with Gasteiger partial charge in [0.05, 0.1) is 24.7 Å². The van der Waals surface area contributed by atoms with Crippen molar-refractivity contribution >= 4 is 35.6 Å². The third kappa shape index (κ3) is 14.3. The first kappa shape index (κ1) is 43.1. The number of urea groups is 1. The molecule has 5 N–H and O–H groups in total. The van der Waals surface area contributed by atoms with Gasteiger partial charge in [0.25, 0.3) is 0 Å². The van der Waals surface area contributed by atoms with Gasteiger partial charge in [0.15, 0.2) is 5.78 Å². The smallest absolute Gasteiger partial charge is 0.408 e. The highest BCUT2D eigenvalue weighted by molar-refractivity contribution is 8.00. The number of unbranched alkanes of at least 4 members (excludes halogenated alkanes) is 2. The summed E-state index contributed by atoms with van der Waals surface area (Å²) >= 11 is 1.89. The second-order valence-electron chi connectivity index (χ2n) is 16.2. The van der Waals surface area contributed by atoms with Crippen molar-refractivity contribution in [3.8, 4) is 0 Å². The van der Waals surface area contributed by atoms with Crippen molar-refractivity contribution < 1.29 is 29.0 Å². The van der Waals surface area contributed by atoms with Crippen LogP contribution in [-0.4, -0.2) is 76.8 Å². The molecule has 1 aliphatic carbocycles. The summed E-state index contributed by atoms with van der Waals surface area (Å²) in [5.74, 6) is 0.752. The van der Waals surface area contributed by atoms with Crippen LogP contribution in [0.5, 0.6) is 0 Å². The average molecular weight is 741 g/mol. The van der Waals surface area contributed by atoms with Crippen LogP contribution in [0.1, 0.15) is 113 Å². The molecule has 0 aromatic rings. The molecule has 0 aromatic heterocycles. The van der Waals surface area contributed by atoms with Crippen LogP contribution < -0.4 is 21.3 Å². The number of nitrogens with one attached hydrogen (secondary N) is 4. The predicted octanol–water partition coefficient (Wildman–Crippen LogP) is 7.21. The van der Waals surface area contributed by atoms with E-state index in [2.05, 4.69) is 54.2 Å². The summed E-state index contributed by atoms with van der Waals surface area (Å²) in [6.45, 7) is 16.4. The minimum absolute atomic E-state index is 0.0215. The van der Waals surface area contributed by atoms with Crippen LogP contribution in [0.25, 0.3) is 0 Å². The Hall–Kier alpha value is -3.31. The molecule has 0 bridgehead atoms. The van der Waals surface area contributed by atoms with Crippen molar-refractivity contribution in [2.45, 2.75) is 142 Å². The largest absolute Gasteiger partial charge is 0.444 e. The quantitative estimate of drug-likeness (QED) is 0.0567. The van der Waals surface area contributed by atoms with Gasteiger partial charge in [-0.3, -0.25) is 9.59 Å². The summed E-state index contributed by atoms with van der Waals surface area (Å²) in [6.07, 6.45) is 17.7. The molecule has 0 spiro atoms. The molecule has 0 saturated carbocycles. The fourth-order valence-corrected chi connectivity index (χ4v) is 8.89. The van der Waals surface area contributed by atoms with E-state index < -0.39 is 17.7 Å². The lowest BCUT2D eigenvalue weighted by Crippen LogP contribution is -2.47. The van der Waals surface area contributed by atoms with Gasteiger partial charge in [-0.15, -0.1) is 0 Å². The molecule has 11 heteroatoms. The third-order valence-corrected chi connectivity index (χ3v) is 11.4. The van der Waals surface area contributed by atoms with E-state index in [4.69, 9.17) is 9.84 Å². The van der Waals surface area contributed by atoms with E-state index in [-0.39, 0.29) is 47.7 Å². The molecule has 0 aromatic carbocycles. The van der Waals surface area contributed by atoms with E-state index in [0.717, 1.165) is 36.2 Å². The molecule has 0 unspecified atom stereocenters. The molecule has 10 nitrogen and oxygen atoms in total. The van der Waals surface area contributed by atoms with Crippen LogP contribution in [-0.2, 0) is 14.3 Å². The maximum absolute atomic E-state index is 14.1. The maximum atomic E-state index is 14.1. The molecule has 290 valence electrons. The first-order valence-electron chi connectivity index (χ1n) is 19.0. The van der Waals surface area contributed by atoms with Crippen molar-refractivity contribution in [3.63, 3.8) is 0 Å². The molecule has 3 rings (SSSR count). The van der Waals surface area contributed by atoms with E-state index in [1.54, 1.807) is 26.8 Å². The summed E-state index contributed by atoms with van der Waals surface area (Å²) in [7, 11) is 0. The minimum Gasteiger partial charge on any atom is -0.444 e. The molecule has 2 heterocycles. The van der Waals surface area contributed by atoms with E-state index in [9.17, 15) is 19.2 Å². The Morgan fingerprint density at radius 3 is 2.52 bits per heavy atom. The Balaban J connectivity index is 1.51. The Bertz CT molecular complexity index is 1420. The number of ketones is 1. The zero-order valence-corrected chi connectivity index (χ0v) is 33.5. The number of ether oxygens (including phenoxy) is 1. The number of amides is 4. The highest BCUT2D eigenvalue weighted by atomic mass is 32.2. The third-order valence-electron chi connectivity index (χ3n) is 9.90. The topological polar surface area (TPSA) is 146 Å². The van der Waals surface area contributed by atoms with Gasteiger partial charge in [-0.2, -0.15) is 11.8 Å². The number of fused-ring (bicyclic) bond motifs is 1. The molecule has 52 heavy (non-hydrogen) atoms. The summed E-state index contributed by atoms with van der Waals surface area (Å²) in [5, 5.41) is 21.3. The molecule has 3 aliphatic rings. The number of carbonyl (C=O) groups excluding carboxylic acids is 4. The number of carbonyl (C=O) groups is 4. The zero-order valence-electron chi connectivity index (χ0n) is 32.7. The Labute approximate surface area is 316 Å². The van der Waals surface area contributed by atoms with Gasteiger partial charge in [-0.05, 0) is 97.5 Å². The lowest BCUT2D eigenvalue weighted by molar-refractivity contribution is -0.126. The molecular formula is C41H64N4O6S. The Morgan fingerprint density at radius 2 is 1.83 bits per heavy atom. The number of aliphatic hydroxyl groups excluding tert-OH is 1. The number of Topliss-reactive ketones (excluding diaryl/α,β-unsaturated/α-hetero) is 1. The van der Waals surface area contributed by atoms with Crippen molar-refractivity contribution in [2.75, 3.05) is 18.9 Å². The van der Waals surface area contributed by atoms with Gasteiger partial charge in [-0.1, -0.05) is 73.4 Å². The van der Waals surface area contributed by atoms with Crippen molar-refractivity contribution in [2.24, 2.45) is 11.3 Å².